The lowest BCUT2D eigenvalue weighted by Gasteiger charge is -2.18. The molecule has 0 radical (unpaired) electrons. The highest BCUT2D eigenvalue weighted by Gasteiger charge is 2.18. The molecule has 0 bridgehead atoms. The summed E-state index contributed by atoms with van der Waals surface area (Å²) in [6.45, 7) is 4.24. The predicted molar refractivity (Wildman–Crippen MR) is 114 cm³/mol. The molecule has 2 aromatic carbocycles. The van der Waals surface area contributed by atoms with Gasteiger partial charge in [0, 0.05) is 23.3 Å². The van der Waals surface area contributed by atoms with Crippen LogP contribution in [0.1, 0.15) is 34.6 Å². The topological polar surface area (TPSA) is 96.2 Å². The third-order valence-corrected chi connectivity index (χ3v) is 5.72. The van der Waals surface area contributed by atoms with Crippen LogP contribution in [0.3, 0.4) is 0 Å². The number of carbonyl (C=O) groups is 3. The highest BCUT2D eigenvalue weighted by atomic mass is 32.1. The molecule has 1 aliphatic rings. The summed E-state index contributed by atoms with van der Waals surface area (Å²) in [5, 5.41) is 0. The van der Waals surface area contributed by atoms with Gasteiger partial charge in [0.2, 0.25) is 0 Å². The van der Waals surface area contributed by atoms with Gasteiger partial charge < -0.3 is 18.8 Å². The molecule has 4 rings (SSSR count). The molecule has 8 nitrogen and oxygen atoms in total. The first-order chi connectivity index (χ1) is 15.0. The summed E-state index contributed by atoms with van der Waals surface area (Å²) in [7, 11) is 0. The lowest BCUT2D eigenvalue weighted by atomic mass is 10.1. The zero-order chi connectivity index (χ0) is 22.0. The molecule has 3 aromatic rings. The average Bonchev–Trinajstić information content (AvgIpc) is 3.08. The first-order valence-corrected chi connectivity index (χ1v) is 10.6. The first kappa shape index (κ1) is 20.8. The third-order valence-electron chi connectivity index (χ3n) is 4.67. The molecule has 1 amide bonds. The molecule has 31 heavy (non-hydrogen) atoms. The third kappa shape index (κ3) is 4.36. The summed E-state index contributed by atoms with van der Waals surface area (Å²) >= 11 is 1.27. The summed E-state index contributed by atoms with van der Waals surface area (Å²) in [6.07, 6.45) is 0. The maximum absolute atomic E-state index is 12.8. The minimum absolute atomic E-state index is 0.0823. The van der Waals surface area contributed by atoms with E-state index in [0.717, 1.165) is 4.70 Å². The lowest BCUT2D eigenvalue weighted by molar-refractivity contribution is -0.143. The second kappa shape index (κ2) is 8.73. The number of amides is 1. The van der Waals surface area contributed by atoms with E-state index in [4.69, 9.17) is 14.2 Å². The fraction of sp³-hybridized carbons (Fsp3) is 0.273. The van der Waals surface area contributed by atoms with Gasteiger partial charge in [-0.25, -0.2) is 0 Å². The van der Waals surface area contributed by atoms with Gasteiger partial charge in [0.05, 0.1) is 16.8 Å². The number of hydrogen-bond donors (Lipinski definition) is 0. The van der Waals surface area contributed by atoms with E-state index in [2.05, 4.69) is 4.99 Å². The number of benzene rings is 2. The maximum Gasteiger partial charge on any atom is 0.326 e. The molecule has 0 atom stereocenters. The second-order valence-corrected chi connectivity index (χ2v) is 7.80. The van der Waals surface area contributed by atoms with Crippen LogP contribution in [0.25, 0.3) is 10.2 Å². The zero-order valence-corrected chi connectivity index (χ0v) is 17.9. The molecule has 0 spiro atoms. The molecule has 0 saturated carbocycles. The SMILES string of the molecule is CCOC(=O)Cn1c(=NC(=O)c2ccc(C(C)=O)cc2)sc2cc3c(cc21)OCCO3. The molecular formula is C22H20N2O6S. The molecular weight excluding hydrogens is 420 g/mol. The summed E-state index contributed by atoms with van der Waals surface area (Å²) in [5.41, 5.74) is 1.55. The smallest absolute Gasteiger partial charge is 0.326 e. The molecule has 0 saturated heterocycles. The Balaban J connectivity index is 1.79. The van der Waals surface area contributed by atoms with Crippen molar-refractivity contribution >= 4 is 39.2 Å². The van der Waals surface area contributed by atoms with Crippen molar-refractivity contribution in [1.29, 1.82) is 0 Å². The number of esters is 1. The van der Waals surface area contributed by atoms with Crippen molar-refractivity contribution in [2.75, 3.05) is 19.8 Å². The fourth-order valence-corrected chi connectivity index (χ4v) is 4.22. The van der Waals surface area contributed by atoms with E-state index >= 15 is 0 Å². The molecule has 0 aliphatic carbocycles. The van der Waals surface area contributed by atoms with Gasteiger partial charge in [0.1, 0.15) is 19.8 Å². The van der Waals surface area contributed by atoms with E-state index in [1.54, 1.807) is 41.8 Å². The number of rotatable bonds is 5. The molecule has 0 N–H and O–H groups in total. The van der Waals surface area contributed by atoms with Crippen molar-refractivity contribution in [3.05, 3.63) is 52.3 Å². The van der Waals surface area contributed by atoms with Crippen LogP contribution in [0.5, 0.6) is 11.5 Å². The number of aromatic nitrogens is 1. The average molecular weight is 440 g/mol. The number of hydrogen-bond acceptors (Lipinski definition) is 7. The van der Waals surface area contributed by atoms with Crippen LogP contribution >= 0.6 is 11.3 Å². The van der Waals surface area contributed by atoms with Gasteiger partial charge >= 0.3 is 5.97 Å². The van der Waals surface area contributed by atoms with E-state index in [0.29, 0.717) is 46.2 Å². The van der Waals surface area contributed by atoms with E-state index in [1.165, 1.54) is 18.3 Å². The fourth-order valence-electron chi connectivity index (χ4n) is 3.18. The second-order valence-electron chi connectivity index (χ2n) is 6.79. The van der Waals surface area contributed by atoms with Crippen LogP contribution in [-0.4, -0.2) is 42.0 Å². The lowest BCUT2D eigenvalue weighted by Crippen LogP contribution is -2.23. The number of thiazole rings is 1. The first-order valence-electron chi connectivity index (χ1n) is 9.75. The number of carbonyl (C=O) groups excluding carboxylic acids is 3. The van der Waals surface area contributed by atoms with Crippen molar-refractivity contribution in [2.24, 2.45) is 4.99 Å². The summed E-state index contributed by atoms with van der Waals surface area (Å²) in [6, 6.07) is 9.90. The normalized spacial score (nSPS) is 13.3. The zero-order valence-electron chi connectivity index (χ0n) is 17.0. The monoisotopic (exact) mass is 440 g/mol. The number of Topliss-reactive ketones (excluding diaryl/α,β-unsaturated/α-hetero) is 1. The van der Waals surface area contributed by atoms with Gasteiger partial charge in [-0.15, -0.1) is 0 Å². The Kier molecular flexibility index (Phi) is 5.85. The largest absolute Gasteiger partial charge is 0.486 e. The number of ether oxygens (including phenoxy) is 3. The number of nitrogens with zero attached hydrogens (tertiary/aromatic N) is 2. The molecule has 0 fully saturated rings. The van der Waals surface area contributed by atoms with Crippen LogP contribution in [0.15, 0.2) is 41.4 Å². The van der Waals surface area contributed by atoms with Gasteiger partial charge in [0.15, 0.2) is 22.1 Å². The van der Waals surface area contributed by atoms with E-state index < -0.39 is 11.9 Å². The van der Waals surface area contributed by atoms with Crippen molar-refractivity contribution in [1.82, 2.24) is 4.57 Å². The minimum Gasteiger partial charge on any atom is -0.486 e. The van der Waals surface area contributed by atoms with Crippen molar-refractivity contribution in [2.45, 2.75) is 20.4 Å². The Labute approximate surface area is 181 Å². The maximum atomic E-state index is 12.8. The molecule has 160 valence electrons. The van der Waals surface area contributed by atoms with E-state index in [1.807, 2.05) is 6.07 Å². The highest BCUT2D eigenvalue weighted by molar-refractivity contribution is 7.16. The number of fused-ring (bicyclic) bond motifs is 2. The van der Waals surface area contributed by atoms with Gasteiger partial charge in [-0.1, -0.05) is 23.5 Å². The van der Waals surface area contributed by atoms with Crippen LogP contribution in [0.2, 0.25) is 0 Å². The van der Waals surface area contributed by atoms with E-state index in [9.17, 15) is 14.4 Å². The Hall–Kier alpha value is -3.46. The Bertz CT molecular complexity index is 1240. The van der Waals surface area contributed by atoms with Crippen LogP contribution in [-0.2, 0) is 16.1 Å². The Morgan fingerprint density at radius 3 is 2.35 bits per heavy atom. The predicted octanol–water partition coefficient (Wildman–Crippen LogP) is 2.98. The highest BCUT2D eigenvalue weighted by Crippen LogP contribution is 2.35. The van der Waals surface area contributed by atoms with Crippen molar-refractivity contribution in [3.63, 3.8) is 0 Å². The van der Waals surface area contributed by atoms with Crippen molar-refractivity contribution < 1.29 is 28.6 Å². The van der Waals surface area contributed by atoms with Crippen LogP contribution < -0.4 is 14.3 Å². The molecule has 9 heteroatoms. The Morgan fingerprint density at radius 1 is 1.06 bits per heavy atom. The van der Waals surface area contributed by atoms with Crippen LogP contribution in [0, 0.1) is 0 Å². The van der Waals surface area contributed by atoms with Gasteiger partial charge in [-0.2, -0.15) is 4.99 Å². The van der Waals surface area contributed by atoms with Gasteiger partial charge in [0.25, 0.3) is 5.91 Å². The molecule has 1 aliphatic heterocycles. The summed E-state index contributed by atoms with van der Waals surface area (Å²) < 4.78 is 18.8. The quantitative estimate of drug-likeness (QED) is 0.447. The molecule has 1 aromatic heterocycles. The summed E-state index contributed by atoms with van der Waals surface area (Å²) in [4.78, 5) is 41.0. The molecule has 2 heterocycles. The standard InChI is InChI=1S/C22H20N2O6S/c1-3-28-20(26)12-24-16-10-17-18(30-9-8-29-17)11-19(16)31-22(24)23-21(27)15-6-4-14(5-7-15)13(2)25/h4-7,10-11H,3,8-9,12H2,1-2H3. The molecule has 0 unspecified atom stereocenters. The van der Waals surface area contributed by atoms with Gasteiger partial charge in [-0.3, -0.25) is 14.4 Å². The number of ketones is 1. The van der Waals surface area contributed by atoms with Crippen molar-refractivity contribution in [3.8, 4) is 11.5 Å². The Morgan fingerprint density at radius 2 is 1.71 bits per heavy atom. The van der Waals surface area contributed by atoms with Crippen LogP contribution in [0.4, 0.5) is 0 Å². The minimum atomic E-state index is -0.475. The van der Waals surface area contributed by atoms with E-state index in [-0.39, 0.29) is 18.9 Å². The van der Waals surface area contributed by atoms with Gasteiger partial charge in [-0.05, 0) is 26.0 Å². The summed E-state index contributed by atoms with van der Waals surface area (Å²) in [5.74, 6) is 0.197.